The number of hydrogen-bond donors (Lipinski definition) is 0. The molecule has 0 N–H and O–H groups in total. The maximum Gasteiger partial charge on any atom is 0.493 e. The Hall–Kier alpha value is -3.45. The average molecular weight is 298 g/mol. The van der Waals surface area contributed by atoms with E-state index in [0.29, 0.717) is 0 Å². The quantitative estimate of drug-likeness (QED) is 0.372. The van der Waals surface area contributed by atoms with E-state index in [2.05, 4.69) is 24.9 Å². The molecule has 0 saturated carbocycles. The number of carbonyl (C=O) groups is 1. The Labute approximate surface area is 114 Å². The molecule has 0 radical (unpaired) electrons. The van der Waals surface area contributed by atoms with Crippen molar-refractivity contribution in [1.82, 2.24) is 29.5 Å². The summed E-state index contributed by atoms with van der Waals surface area (Å²) in [6.45, 7) is -0.486. The molecule has 0 spiro atoms. The molecular weight excluding hydrogens is 292 g/mol. The lowest BCUT2D eigenvalue weighted by Crippen LogP contribution is -2.16. The topological polar surface area (TPSA) is 174 Å². The molecule has 0 aliphatic heterocycles. The second-order valence-electron chi connectivity index (χ2n) is 3.45. The standard InChI is InChI=1S/C7H6N8O6/c1-21-4(16)2-12-7(9-6(11-12)15(19)20)13-3-8-5(10-13)14(17)18/h3H,2H2,1H3. The summed E-state index contributed by atoms with van der Waals surface area (Å²) in [6.07, 6.45) is 0.916. The van der Waals surface area contributed by atoms with Crippen LogP contribution < -0.4 is 0 Å². The van der Waals surface area contributed by atoms with Crippen molar-refractivity contribution in [2.24, 2.45) is 0 Å². The minimum absolute atomic E-state index is 0.285. The number of esters is 1. The van der Waals surface area contributed by atoms with Crippen molar-refractivity contribution in [3.05, 3.63) is 26.6 Å². The first-order valence-corrected chi connectivity index (χ1v) is 5.15. The molecule has 14 nitrogen and oxygen atoms in total. The van der Waals surface area contributed by atoms with Crippen molar-refractivity contribution in [2.45, 2.75) is 6.54 Å². The lowest BCUT2D eigenvalue weighted by molar-refractivity contribution is -0.394. The molecular formula is C7H6N8O6. The van der Waals surface area contributed by atoms with Crippen LogP contribution in [0.4, 0.5) is 11.9 Å². The third kappa shape index (κ3) is 2.77. The van der Waals surface area contributed by atoms with Crippen molar-refractivity contribution in [2.75, 3.05) is 7.11 Å². The second kappa shape index (κ2) is 5.27. The molecule has 0 aliphatic carbocycles. The van der Waals surface area contributed by atoms with E-state index in [1.54, 1.807) is 0 Å². The molecule has 2 heterocycles. The van der Waals surface area contributed by atoms with Gasteiger partial charge in [0.2, 0.25) is 6.33 Å². The summed E-state index contributed by atoms with van der Waals surface area (Å²) in [5.74, 6) is -2.56. The summed E-state index contributed by atoms with van der Waals surface area (Å²) >= 11 is 0. The van der Waals surface area contributed by atoms with E-state index >= 15 is 0 Å². The average Bonchev–Trinajstić information content (AvgIpc) is 3.04. The SMILES string of the molecule is COC(=O)Cn1nc([N+](=O)[O-])nc1-n1cnc([N+](=O)[O-])n1. The predicted molar refractivity (Wildman–Crippen MR) is 60.3 cm³/mol. The third-order valence-corrected chi connectivity index (χ3v) is 2.16. The van der Waals surface area contributed by atoms with Gasteiger partial charge in [-0.2, -0.15) is 0 Å². The van der Waals surface area contributed by atoms with E-state index in [0.717, 1.165) is 22.8 Å². The molecule has 14 heteroatoms. The predicted octanol–water partition coefficient (Wildman–Crippen LogP) is -1.15. The number of methoxy groups -OCH3 is 1. The van der Waals surface area contributed by atoms with Crippen molar-refractivity contribution in [3.8, 4) is 5.95 Å². The van der Waals surface area contributed by atoms with E-state index in [1.807, 2.05) is 0 Å². The number of nitrogens with zero attached hydrogens (tertiary/aromatic N) is 8. The molecule has 2 aromatic heterocycles. The first-order valence-electron chi connectivity index (χ1n) is 5.15. The van der Waals surface area contributed by atoms with Gasteiger partial charge in [-0.15, -0.1) is 4.68 Å². The van der Waals surface area contributed by atoms with Crippen LogP contribution in [0.25, 0.3) is 5.95 Å². The lowest BCUT2D eigenvalue weighted by atomic mass is 10.6. The third-order valence-electron chi connectivity index (χ3n) is 2.16. The van der Waals surface area contributed by atoms with E-state index in [9.17, 15) is 25.0 Å². The Bertz CT molecular complexity index is 719. The highest BCUT2D eigenvalue weighted by molar-refractivity contribution is 5.69. The molecule has 0 atom stereocenters. The fourth-order valence-electron chi connectivity index (χ4n) is 1.30. The minimum Gasteiger partial charge on any atom is -0.468 e. The fourth-order valence-corrected chi connectivity index (χ4v) is 1.30. The van der Waals surface area contributed by atoms with Crippen LogP contribution >= 0.6 is 0 Å². The highest BCUT2D eigenvalue weighted by atomic mass is 16.6. The van der Waals surface area contributed by atoms with E-state index in [1.165, 1.54) is 0 Å². The Balaban J connectivity index is 2.46. The molecule has 0 amide bonds. The lowest BCUT2D eigenvalue weighted by Gasteiger charge is -1.96. The van der Waals surface area contributed by atoms with Crippen LogP contribution in [0.3, 0.4) is 0 Å². The molecule has 0 unspecified atom stereocenters. The van der Waals surface area contributed by atoms with Gasteiger partial charge in [0.05, 0.1) is 7.11 Å². The highest BCUT2D eigenvalue weighted by Gasteiger charge is 2.28. The van der Waals surface area contributed by atoms with Crippen LogP contribution in [0.15, 0.2) is 6.33 Å². The van der Waals surface area contributed by atoms with Gasteiger partial charge in [-0.05, 0) is 14.8 Å². The second-order valence-corrected chi connectivity index (χ2v) is 3.45. The zero-order chi connectivity index (χ0) is 15.6. The van der Waals surface area contributed by atoms with Crippen molar-refractivity contribution >= 4 is 17.9 Å². The number of aromatic nitrogens is 6. The highest BCUT2D eigenvalue weighted by Crippen LogP contribution is 2.12. The fraction of sp³-hybridized carbons (Fsp3) is 0.286. The summed E-state index contributed by atoms with van der Waals surface area (Å²) in [5.41, 5.74) is 0. The molecule has 0 saturated heterocycles. The monoisotopic (exact) mass is 298 g/mol. The van der Waals surface area contributed by atoms with Crippen LogP contribution in [-0.2, 0) is 16.1 Å². The number of ether oxygens (including phenoxy) is 1. The summed E-state index contributed by atoms with van der Waals surface area (Å²) in [7, 11) is 1.12. The van der Waals surface area contributed by atoms with Crippen molar-refractivity contribution in [1.29, 1.82) is 0 Å². The van der Waals surface area contributed by atoms with Gasteiger partial charge in [-0.25, -0.2) is 0 Å². The zero-order valence-electron chi connectivity index (χ0n) is 10.3. The Kier molecular flexibility index (Phi) is 3.51. The van der Waals surface area contributed by atoms with Crippen molar-refractivity contribution in [3.63, 3.8) is 0 Å². The van der Waals surface area contributed by atoms with Gasteiger partial charge in [-0.1, -0.05) is 9.67 Å². The molecule has 0 aromatic carbocycles. The van der Waals surface area contributed by atoms with E-state index < -0.39 is 34.3 Å². The first kappa shape index (κ1) is 14.0. The molecule has 2 aromatic rings. The van der Waals surface area contributed by atoms with Gasteiger partial charge in [0.25, 0.3) is 0 Å². The van der Waals surface area contributed by atoms with Gasteiger partial charge in [0.15, 0.2) is 6.54 Å². The number of carbonyl (C=O) groups excluding carboxylic acids is 1. The van der Waals surface area contributed by atoms with Gasteiger partial charge in [0.1, 0.15) is 0 Å². The van der Waals surface area contributed by atoms with E-state index in [-0.39, 0.29) is 5.95 Å². The molecule has 0 bridgehead atoms. The van der Waals surface area contributed by atoms with Crippen LogP contribution in [-0.4, -0.2) is 52.5 Å². The van der Waals surface area contributed by atoms with Crippen LogP contribution in [0, 0.1) is 20.2 Å². The summed E-state index contributed by atoms with van der Waals surface area (Å²) in [5, 5.41) is 28.1. The molecule has 110 valence electrons. The van der Waals surface area contributed by atoms with Crippen LogP contribution in [0.2, 0.25) is 0 Å². The Morgan fingerprint density at radius 1 is 1.29 bits per heavy atom. The van der Waals surface area contributed by atoms with Crippen LogP contribution in [0.5, 0.6) is 0 Å². The summed E-state index contributed by atoms with van der Waals surface area (Å²) in [6, 6.07) is 0. The maximum atomic E-state index is 11.2. The van der Waals surface area contributed by atoms with Gasteiger partial charge >= 0.3 is 23.8 Å². The molecule has 0 aliphatic rings. The smallest absolute Gasteiger partial charge is 0.468 e. The van der Waals surface area contributed by atoms with Gasteiger partial charge < -0.3 is 25.0 Å². The molecule has 0 fully saturated rings. The summed E-state index contributed by atoms with van der Waals surface area (Å²) in [4.78, 5) is 37.6. The number of hydrogen-bond acceptors (Lipinski definition) is 10. The Morgan fingerprint density at radius 3 is 2.48 bits per heavy atom. The minimum atomic E-state index is -0.886. The first-order chi connectivity index (χ1) is 9.92. The molecule has 21 heavy (non-hydrogen) atoms. The zero-order valence-corrected chi connectivity index (χ0v) is 10.3. The number of rotatable bonds is 5. The maximum absolute atomic E-state index is 11.2. The summed E-state index contributed by atoms with van der Waals surface area (Å²) < 4.78 is 6.02. The Morgan fingerprint density at radius 2 is 1.95 bits per heavy atom. The molecule has 2 rings (SSSR count). The normalized spacial score (nSPS) is 10.3. The van der Waals surface area contributed by atoms with E-state index in [4.69, 9.17) is 0 Å². The van der Waals surface area contributed by atoms with Crippen molar-refractivity contribution < 1.29 is 19.4 Å². The number of nitro groups is 2. The van der Waals surface area contributed by atoms with Gasteiger partial charge in [-0.3, -0.25) is 4.79 Å². The van der Waals surface area contributed by atoms with Gasteiger partial charge in [0, 0.05) is 10.2 Å². The largest absolute Gasteiger partial charge is 0.493 e. The van der Waals surface area contributed by atoms with Crippen LogP contribution in [0.1, 0.15) is 0 Å².